The van der Waals surface area contributed by atoms with Crippen molar-refractivity contribution in [2.45, 2.75) is 57.5 Å². The molecule has 2 rings (SSSR count). The van der Waals surface area contributed by atoms with E-state index < -0.39 is 0 Å². The fourth-order valence-corrected chi connectivity index (χ4v) is 3.67. The average Bonchev–Trinajstić information content (AvgIpc) is 2.72. The van der Waals surface area contributed by atoms with Crippen molar-refractivity contribution < 1.29 is 0 Å². The van der Waals surface area contributed by atoms with Crippen LogP contribution in [0.1, 0.15) is 46.0 Å². The fraction of sp³-hybridized carbons (Fsp3) is 1.00. The Kier molecular flexibility index (Phi) is 3.36. The van der Waals surface area contributed by atoms with Crippen LogP contribution in [-0.4, -0.2) is 36.6 Å². The molecule has 2 heteroatoms. The summed E-state index contributed by atoms with van der Waals surface area (Å²) in [6, 6.07) is 0.856. The maximum Gasteiger partial charge on any atom is 0.0156 e. The zero-order valence-electron chi connectivity index (χ0n) is 10.6. The SMILES string of the molecule is CNCC1CCCC1N1CCCC1(C)C. The smallest absolute Gasteiger partial charge is 0.0156 e. The largest absolute Gasteiger partial charge is 0.319 e. The molecule has 0 bridgehead atoms. The van der Waals surface area contributed by atoms with Gasteiger partial charge in [-0.05, 0) is 65.6 Å². The van der Waals surface area contributed by atoms with Crippen LogP contribution < -0.4 is 5.32 Å². The Labute approximate surface area is 94.4 Å². The molecule has 1 saturated heterocycles. The molecule has 0 aromatic rings. The van der Waals surface area contributed by atoms with E-state index in [1.54, 1.807) is 0 Å². The van der Waals surface area contributed by atoms with Gasteiger partial charge in [0.25, 0.3) is 0 Å². The van der Waals surface area contributed by atoms with Crippen LogP contribution in [0.25, 0.3) is 0 Å². The first kappa shape index (κ1) is 11.4. The van der Waals surface area contributed by atoms with Gasteiger partial charge in [0.1, 0.15) is 0 Å². The van der Waals surface area contributed by atoms with Gasteiger partial charge in [-0.2, -0.15) is 0 Å². The molecular formula is C13H26N2. The lowest BCUT2D eigenvalue weighted by Crippen LogP contribution is -2.48. The normalized spacial score (nSPS) is 36.2. The van der Waals surface area contributed by atoms with Gasteiger partial charge in [-0.3, -0.25) is 4.90 Å². The molecule has 2 atom stereocenters. The lowest BCUT2D eigenvalue weighted by Gasteiger charge is -2.39. The van der Waals surface area contributed by atoms with E-state index in [1.807, 2.05) is 0 Å². The van der Waals surface area contributed by atoms with E-state index in [0.29, 0.717) is 5.54 Å². The Morgan fingerprint density at radius 3 is 2.67 bits per heavy atom. The lowest BCUT2D eigenvalue weighted by molar-refractivity contribution is 0.0906. The van der Waals surface area contributed by atoms with Crippen molar-refractivity contribution >= 4 is 0 Å². The third-order valence-corrected chi connectivity index (χ3v) is 4.45. The summed E-state index contributed by atoms with van der Waals surface area (Å²) in [6.07, 6.45) is 7.07. The van der Waals surface area contributed by atoms with Crippen molar-refractivity contribution in [3.63, 3.8) is 0 Å². The zero-order chi connectivity index (χ0) is 10.9. The van der Waals surface area contributed by atoms with E-state index in [2.05, 4.69) is 31.1 Å². The number of rotatable bonds is 3. The highest BCUT2D eigenvalue weighted by Crippen LogP contribution is 2.38. The summed E-state index contributed by atoms with van der Waals surface area (Å²) in [4.78, 5) is 2.79. The zero-order valence-corrected chi connectivity index (χ0v) is 10.6. The molecular weight excluding hydrogens is 184 g/mol. The summed E-state index contributed by atoms with van der Waals surface area (Å²) >= 11 is 0. The van der Waals surface area contributed by atoms with Crippen LogP contribution >= 0.6 is 0 Å². The molecule has 1 aliphatic carbocycles. The maximum absolute atomic E-state index is 3.36. The molecule has 0 spiro atoms. The summed E-state index contributed by atoms with van der Waals surface area (Å²) in [6.45, 7) is 7.39. The molecule has 2 nitrogen and oxygen atoms in total. The van der Waals surface area contributed by atoms with E-state index >= 15 is 0 Å². The molecule has 2 unspecified atom stereocenters. The van der Waals surface area contributed by atoms with E-state index in [9.17, 15) is 0 Å². The topological polar surface area (TPSA) is 15.3 Å². The molecule has 1 heterocycles. The number of hydrogen-bond acceptors (Lipinski definition) is 2. The van der Waals surface area contributed by atoms with Gasteiger partial charge in [0.15, 0.2) is 0 Å². The molecule has 0 amide bonds. The van der Waals surface area contributed by atoms with Crippen LogP contribution in [0.3, 0.4) is 0 Å². The van der Waals surface area contributed by atoms with Gasteiger partial charge < -0.3 is 5.32 Å². The van der Waals surface area contributed by atoms with Crippen LogP contribution in [0.15, 0.2) is 0 Å². The predicted molar refractivity (Wildman–Crippen MR) is 65.1 cm³/mol. The van der Waals surface area contributed by atoms with Gasteiger partial charge >= 0.3 is 0 Å². The molecule has 0 aromatic heterocycles. The standard InChI is InChI=1S/C13H26N2/c1-13(2)8-5-9-15(13)12-7-4-6-11(12)10-14-3/h11-12,14H,4-10H2,1-3H3. The number of likely N-dealkylation sites (tertiary alicyclic amines) is 1. The lowest BCUT2D eigenvalue weighted by atomic mass is 9.96. The van der Waals surface area contributed by atoms with Crippen LogP contribution in [0.5, 0.6) is 0 Å². The summed E-state index contributed by atoms with van der Waals surface area (Å²) in [5.74, 6) is 0.896. The molecule has 88 valence electrons. The molecule has 0 radical (unpaired) electrons. The van der Waals surface area contributed by atoms with Crippen molar-refractivity contribution in [2.24, 2.45) is 5.92 Å². The Hall–Kier alpha value is -0.0800. The van der Waals surface area contributed by atoms with Crippen molar-refractivity contribution in [1.29, 1.82) is 0 Å². The fourth-order valence-electron chi connectivity index (χ4n) is 3.67. The molecule has 1 aliphatic heterocycles. The van der Waals surface area contributed by atoms with Crippen LogP contribution in [0.2, 0.25) is 0 Å². The Morgan fingerprint density at radius 1 is 1.27 bits per heavy atom. The minimum atomic E-state index is 0.459. The second-order valence-electron chi connectivity index (χ2n) is 5.93. The number of hydrogen-bond donors (Lipinski definition) is 1. The van der Waals surface area contributed by atoms with E-state index in [4.69, 9.17) is 0 Å². The van der Waals surface area contributed by atoms with Crippen molar-refractivity contribution in [1.82, 2.24) is 10.2 Å². The summed E-state index contributed by atoms with van der Waals surface area (Å²) < 4.78 is 0. The minimum absolute atomic E-state index is 0.459. The second-order valence-corrected chi connectivity index (χ2v) is 5.93. The van der Waals surface area contributed by atoms with E-state index in [0.717, 1.165) is 12.0 Å². The molecule has 15 heavy (non-hydrogen) atoms. The average molecular weight is 210 g/mol. The van der Waals surface area contributed by atoms with E-state index in [1.165, 1.54) is 45.2 Å². The van der Waals surface area contributed by atoms with Crippen LogP contribution in [0.4, 0.5) is 0 Å². The summed E-state index contributed by atoms with van der Waals surface area (Å²) in [5, 5.41) is 3.36. The highest BCUT2D eigenvalue weighted by atomic mass is 15.2. The Bertz CT molecular complexity index is 213. The first-order valence-corrected chi connectivity index (χ1v) is 6.56. The van der Waals surface area contributed by atoms with Gasteiger partial charge in [0, 0.05) is 11.6 Å². The monoisotopic (exact) mass is 210 g/mol. The van der Waals surface area contributed by atoms with Crippen molar-refractivity contribution in [3.05, 3.63) is 0 Å². The minimum Gasteiger partial charge on any atom is -0.319 e. The third-order valence-electron chi connectivity index (χ3n) is 4.45. The predicted octanol–water partition coefficient (Wildman–Crippen LogP) is 2.25. The molecule has 2 fully saturated rings. The molecule has 1 N–H and O–H groups in total. The first-order chi connectivity index (χ1) is 7.15. The van der Waals surface area contributed by atoms with E-state index in [-0.39, 0.29) is 0 Å². The van der Waals surface area contributed by atoms with Crippen LogP contribution in [0, 0.1) is 5.92 Å². The summed E-state index contributed by atoms with van der Waals surface area (Å²) in [7, 11) is 2.09. The second kappa shape index (κ2) is 4.42. The highest BCUT2D eigenvalue weighted by Gasteiger charge is 2.41. The highest BCUT2D eigenvalue weighted by molar-refractivity contribution is 4.96. The summed E-state index contributed by atoms with van der Waals surface area (Å²) in [5.41, 5.74) is 0.459. The first-order valence-electron chi connectivity index (χ1n) is 6.56. The van der Waals surface area contributed by atoms with Gasteiger partial charge in [0.2, 0.25) is 0 Å². The molecule has 2 aliphatic rings. The van der Waals surface area contributed by atoms with Gasteiger partial charge in [-0.25, -0.2) is 0 Å². The third kappa shape index (κ3) is 2.21. The van der Waals surface area contributed by atoms with Crippen molar-refractivity contribution in [2.75, 3.05) is 20.1 Å². The van der Waals surface area contributed by atoms with Gasteiger partial charge in [0.05, 0.1) is 0 Å². The Balaban J connectivity index is 2.02. The number of nitrogens with one attached hydrogen (secondary N) is 1. The van der Waals surface area contributed by atoms with Gasteiger partial charge in [-0.1, -0.05) is 6.42 Å². The molecule has 0 aromatic carbocycles. The van der Waals surface area contributed by atoms with Crippen molar-refractivity contribution in [3.8, 4) is 0 Å². The molecule has 1 saturated carbocycles. The van der Waals surface area contributed by atoms with Gasteiger partial charge in [-0.15, -0.1) is 0 Å². The quantitative estimate of drug-likeness (QED) is 0.768. The maximum atomic E-state index is 3.36. The number of nitrogens with zero attached hydrogens (tertiary/aromatic N) is 1. The van der Waals surface area contributed by atoms with Crippen LogP contribution in [-0.2, 0) is 0 Å². The Morgan fingerprint density at radius 2 is 2.07 bits per heavy atom.